The highest BCUT2D eigenvalue weighted by Gasteiger charge is 2.19. The molecule has 21 heavy (non-hydrogen) atoms. The predicted molar refractivity (Wildman–Crippen MR) is 89.1 cm³/mol. The molecule has 5 heteroatoms. The third-order valence-corrected chi connectivity index (χ3v) is 5.19. The molecule has 0 fully saturated rings. The van der Waals surface area contributed by atoms with Gasteiger partial charge in [-0.25, -0.2) is 0 Å². The van der Waals surface area contributed by atoms with Gasteiger partial charge in [0.1, 0.15) is 0 Å². The molecular formula is C16H16N2OS2. The Labute approximate surface area is 133 Å². The standard InChI is InChI=1S/C16H16N2OS2/c1-10(2)18-21-11-7-8-15-13(9-11)17-16(19)12-5-3-4-6-14(12)20-15/h3-10,18H,1-2H3,(H,17,19). The van der Waals surface area contributed by atoms with Crippen LogP contribution in [0.4, 0.5) is 5.69 Å². The smallest absolute Gasteiger partial charge is 0.256 e. The normalized spacial score (nSPS) is 13.4. The molecule has 0 bridgehead atoms. The van der Waals surface area contributed by atoms with E-state index in [-0.39, 0.29) is 5.91 Å². The zero-order chi connectivity index (χ0) is 14.8. The first-order valence-corrected chi connectivity index (χ1v) is 8.41. The van der Waals surface area contributed by atoms with E-state index in [0.717, 1.165) is 25.9 Å². The lowest BCUT2D eigenvalue weighted by Gasteiger charge is -2.10. The molecule has 0 radical (unpaired) electrons. The summed E-state index contributed by atoms with van der Waals surface area (Å²) in [5.74, 6) is -0.0455. The molecule has 2 aromatic carbocycles. The summed E-state index contributed by atoms with van der Waals surface area (Å²) in [6, 6.07) is 14.3. The van der Waals surface area contributed by atoms with Gasteiger partial charge in [0.05, 0.1) is 11.3 Å². The van der Waals surface area contributed by atoms with Crippen molar-refractivity contribution in [2.75, 3.05) is 5.32 Å². The molecule has 0 aliphatic carbocycles. The second-order valence-electron chi connectivity index (χ2n) is 5.08. The molecular weight excluding hydrogens is 300 g/mol. The Morgan fingerprint density at radius 1 is 1.14 bits per heavy atom. The van der Waals surface area contributed by atoms with Gasteiger partial charge in [0.15, 0.2) is 0 Å². The Morgan fingerprint density at radius 2 is 1.95 bits per heavy atom. The highest BCUT2D eigenvalue weighted by molar-refractivity contribution is 7.99. The van der Waals surface area contributed by atoms with Crippen LogP contribution in [0.5, 0.6) is 0 Å². The van der Waals surface area contributed by atoms with E-state index >= 15 is 0 Å². The van der Waals surface area contributed by atoms with Crippen molar-refractivity contribution in [3.63, 3.8) is 0 Å². The van der Waals surface area contributed by atoms with E-state index in [4.69, 9.17) is 0 Å². The Hall–Kier alpha value is -1.43. The Balaban J connectivity index is 1.91. The van der Waals surface area contributed by atoms with Gasteiger partial charge >= 0.3 is 0 Å². The van der Waals surface area contributed by atoms with E-state index in [1.54, 1.807) is 23.7 Å². The van der Waals surface area contributed by atoms with Gasteiger partial charge in [0.2, 0.25) is 0 Å². The highest BCUT2D eigenvalue weighted by atomic mass is 32.2. The first-order valence-electron chi connectivity index (χ1n) is 6.78. The minimum atomic E-state index is -0.0455. The van der Waals surface area contributed by atoms with E-state index in [2.05, 4.69) is 36.0 Å². The van der Waals surface area contributed by atoms with Gasteiger partial charge in [-0.1, -0.05) is 23.9 Å². The van der Waals surface area contributed by atoms with Crippen LogP contribution in [0.25, 0.3) is 0 Å². The van der Waals surface area contributed by atoms with Gasteiger partial charge in [-0.3, -0.25) is 9.52 Å². The van der Waals surface area contributed by atoms with E-state index in [9.17, 15) is 4.79 Å². The molecule has 2 N–H and O–H groups in total. The monoisotopic (exact) mass is 316 g/mol. The van der Waals surface area contributed by atoms with Crippen LogP contribution in [0, 0.1) is 0 Å². The molecule has 3 nitrogen and oxygen atoms in total. The lowest BCUT2D eigenvalue weighted by Crippen LogP contribution is -2.14. The summed E-state index contributed by atoms with van der Waals surface area (Å²) in [4.78, 5) is 15.5. The Morgan fingerprint density at radius 3 is 2.76 bits per heavy atom. The number of rotatable bonds is 3. The first kappa shape index (κ1) is 14.5. The van der Waals surface area contributed by atoms with Crippen molar-refractivity contribution in [1.29, 1.82) is 0 Å². The number of fused-ring (bicyclic) bond motifs is 2. The summed E-state index contributed by atoms with van der Waals surface area (Å²) < 4.78 is 3.31. The number of hydrogen-bond acceptors (Lipinski definition) is 4. The number of nitrogens with one attached hydrogen (secondary N) is 2. The second kappa shape index (κ2) is 6.13. The molecule has 1 aliphatic rings. The van der Waals surface area contributed by atoms with Gasteiger partial charge in [-0.2, -0.15) is 0 Å². The van der Waals surface area contributed by atoms with Crippen LogP contribution in [-0.4, -0.2) is 11.9 Å². The third-order valence-electron chi connectivity index (χ3n) is 2.96. The van der Waals surface area contributed by atoms with E-state index in [0.29, 0.717) is 6.04 Å². The number of amides is 1. The first-order chi connectivity index (χ1) is 10.1. The Kier molecular flexibility index (Phi) is 4.24. The van der Waals surface area contributed by atoms with E-state index in [1.165, 1.54) is 0 Å². The fraction of sp³-hybridized carbons (Fsp3) is 0.188. The lowest BCUT2D eigenvalue weighted by molar-refractivity contribution is 0.102. The zero-order valence-corrected chi connectivity index (χ0v) is 13.5. The molecule has 0 saturated heterocycles. The molecule has 1 aliphatic heterocycles. The minimum absolute atomic E-state index is 0.0455. The molecule has 0 atom stereocenters. The molecule has 0 unspecified atom stereocenters. The largest absolute Gasteiger partial charge is 0.321 e. The Bertz CT molecular complexity index is 686. The van der Waals surface area contributed by atoms with Crippen molar-refractivity contribution in [2.24, 2.45) is 0 Å². The van der Waals surface area contributed by atoms with Gasteiger partial charge in [-0.15, -0.1) is 0 Å². The van der Waals surface area contributed by atoms with Crippen LogP contribution in [-0.2, 0) is 0 Å². The number of hydrogen-bond donors (Lipinski definition) is 2. The second-order valence-corrected chi connectivity index (χ2v) is 7.08. The van der Waals surface area contributed by atoms with Crippen molar-refractivity contribution >= 4 is 35.3 Å². The summed E-state index contributed by atoms with van der Waals surface area (Å²) in [5.41, 5.74) is 1.60. The van der Waals surface area contributed by atoms with Crippen molar-refractivity contribution in [3.8, 4) is 0 Å². The highest BCUT2D eigenvalue weighted by Crippen LogP contribution is 2.39. The minimum Gasteiger partial charge on any atom is -0.321 e. The zero-order valence-electron chi connectivity index (χ0n) is 11.8. The SMILES string of the molecule is CC(C)NSc1ccc2c(c1)NC(=O)c1ccccc1S2. The van der Waals surface area contributed by atoms with Gasteiger partial charge in [0, 0.05) is 20.7 Å². The third kappa shape index (κ3) is 3.26. The summed E-state index contributed by atoms with van der Waals surface area (Å²) in [5, 5.41) is 3.01. The maximum atomic E-state index is 12.3. The average molecular weight is 316 g/mol. The summed E-state index contributed by atoms with van der Waals surface area (Å²) in [7, 11) is 0. The molecule has 108 valence electrons. The van der Waals surface area contributed by atoms with Crippen LogP contribution in [0.1, 0.15) is 24.2 Å². The molecule has 2 aromatic rings. The van der Waals surface area contributed by atoms with Crippen molar-refractivity contribution in [2.45, 2.75) is 34.6 Å². The predicted octanol–water partition coefficient (Wildman–Crippen LogP) is 4.41. The van der Waals surface area contributed by atoms with Crippen LogP contribution in [0.2, 0.25) is 0 Å². The summed E-state index contributed by atoms with van der Waals surface area (Å²) in [6.45, 7) is 4.20. The number of anilines is 1. The van der Waals surface area contributed by atoms with Crippen molar-refractivity contribution < 1.29 is 4.79 Å². The fourth-order valence-electron chi connectivity index (χ4n) is 2.00. The van der Waals surface area contributed by atoms with Gasteiger partial charge < -0.3 is 5.32 Å². The van der Waals surface area contributed by atoms with E-state index < -0.39 is 0 Å². The van der Waals surface area contributed by atoms with E-state index in [1.807, 2.05) is 30.3 Å². The fourth-order valence-corrected chi connectivity index (χ4v) is 3.69. The maximum Gasteiger partial charge on any atom is 0.256 e. The summed E-state index contributed by atoms with van der Waals surface area (Å²) in [6.07, 6.45) is 0. The number of carbonyl (C=O) groups is 1. The van der Waals surface area contributed by atoms with Crippen molar-refractivity contribution in [3.05, 3.63) is 48.0 Å². The van der Waals surface area contributed by atoms with Crippen LogP contribution >= 0.6 is 23.7 Å². The van der Waals surface area contributed by atoms with Crippen molar-refractivity contribution in [1.82, 2.24) is 4.72 Å². The summed E-state index contributed by atoms with van der Waals surface area (Å²) >= 11 is 3.21. The molecule has 3 rings (SSSR count). The van der Waals surface area contributed by atoms with Gasteiger partial charge in [0.25, 0.3) is 5.91 Å². The molecule has 0 saturated carbocycles. The topological polar surface area (TPSA) is 41.1 Å². The molecule has 0 spiro atoms. The van der Waals surface area contributed by atoms with Crippen LogP contribution in [0.15, 0.2) is 57.2 Å². The number of carbonyl (C=O) groups excluding carboxylic acids is 1. The van der Waals surface area contributed by atoms with Crippen LogP contribution in [0.3, 0.4) is 0 Å². The van der Waals surface area contributed by atoms with Crippen LogP contribution < -0.4 is 10.0 Å². The molecule has 1 amide bonds. The quantitative estimate of drug-likeness (QED) is 0.823. The number of benzene rings is 2. The average Bonchev–Trinajstić information content (AvgIpc) is 2.61. The van der Waals surface area contributed by atoms with Gasteiger partial charge in [-0.05, 0) is 56.1 Å². The molecule has 1 heterocycles. The maximum absolute atomic E-state index is 12.3. The lowest BCUT2D eigenvalue weighted by atomic mass is 10.2. The molecule has 0 aromatic heterocycles.